The lowest BCUT2D eigenvalue weighted by molar-refractivity contribution is -0.143. The van der Waals surface area contributed by atoms with Gasteiger partial charge in [-0.15, -0.1) is 0 Å². The second kappa shape index (κ2) is 19.8. The number of carboxylic acids is 1. The van der Waals surface area contributed by atoms with Gasteiger partial charge in [-0.1, -0.05) is 60.7 Å². The normalized spacial score (nSPS) is 12.0. The Bertz CT molecular complexity index is 1250. The van der Waals surface area contributed by atoms with Gasteiger partial charge < -0.3 is 34.7 Å². The highest BCUT2D eigenvalue weighted by atomic mass is 16.6. The molecule has 0 aliphatic heterocycles. The van der Waals surface area contributed by atoms with Gasteiger partial charge in [0.2, 0.25) is 0 Å². The Morgan fingerprint density at radius 2 is 1.08 bits per heavy atom. The summed E-state index contributed by atoms with van der Waals surface area (Å²) < 4.78 is 21.2. The lowest BCUT2D eigenvalue weighted by Crippen LogP contribution is -2.52. The third kappa shape index (κ3) is 17.2. The van der Waals surface area contributed by atoms with E-state index in [1.807, 2.05) is 65.6 Å². The van der Waals surface area contributed by atoms with Gasteiger partial charge in [0.05, 0.1) is 0 Å². The van der Waals surface area contributed by atoms with Crippen LogP contribution in [0.1, 0.15) is 65.5 Å². The second-order valence-electron chi connectivity index (χ2n) is 13.1. The van der Waals surface area contributed by atoms with Crippen molar-refractivity contribution in [2.45, 2.75) is 84.8 Å². The van der Waals surface area contributed by atoms with Crippen molar-refractivity contribution in [2.75, 3.05) is 32.7 Å². The SMILES string of the molecule is CC(C)(C)OC(=O)N(C(=O)OC(C)(C)C)[C@@H](CCCN(CCNC(=O)OCc1ccccc1)CCNC(=O)OCc1ccccc1)C(=O)O. The number of imide groups is 1. The lowest BCUT2D eigenvalue weighted by Gasteiger charge is -2.32. The van der Waals surface area contributed by atoms with E-state index in [0.29, 0.717) is 24.5 Å². The minimum Gasteiger partial charge on any atom is -0.480 e. The Morgan fingerprint density at radius 1 is 0.673 bits per heavy atom. The number of aliphatic carboxylic acids is 1. The van der Waals surface area contributed by atoms with E-state index in [0.717, 1.165) is 11.1 Å². The van der Waals surface area contributed by atoms with E-state index >= 15 is 0 Å². The van der Waals surface area contributed by atoms with Crippen molar-refractivity contribution in [1.82, 2.24) is 20.4 Å². The van der Waals surface area contributed by atoms with Crippen LogP contribution in [0.5, 0.6) is 0 Å². The number of amides is 4. The molecule has 2 rings (SSSR count). The zero-order valence-corrected chi connectivity index (χ0v) is 29.2. The average Bonchev–Trinajstić information content (AvgIpc) is 3.01. The summed E-state index contributed by atoms with van der Waals surface area (Å²) in [6.45, 7) is 11.1. The van der Waals surface area contributed by atoms with Crippen molar-refractivity contribution >= 4 is 30.3 Å². The summed E-state index contributed by atoms with van der Waals surface area (Å²) in [6.07, 6.45) is -3.39. The molecule has 0 saturated heterocycles. The van der Waals surface area contributed by atoms with E-state index in [4.69, 9.17) is 18.9 Å². The molecule has 2 aromatic carbocycles. The van der Waals surface area contributed by atoms with Crippen molar-refractivity contribution in [3.05, 3.63) is 71.8 Å². The second-order valence-corrected chi connectivity index (χ2v) is 13.1. The minimum absolute atomic E-state index is 0.105. The molecule has 2 aromatic rings. The molecule has 0 heterocycles. The highest BCUT2D eigenvalue weighted by molar-refractivity contribution is 5.93. The smallest absolute Gasteiger partial charge is 0.420 e. The van der Waals surface area contributed by atoms with Gasteiger partial charge in [-0.05, 0) is 72.1 Å². The van der Waals surface area contributed by atoms with E-state index in [-0.39, 0.29) is 39.1 Å². The molecule has 0 radical (unpaired) electrons. The first kappa shape index (κ1) is 40.3. The van der Waals surface area contributed by atoms with Crippen molar-refractivity contribution < 1.29 is 48.0 Å². The fraction of sp³-hybridized carbons (Fsp3) is 0.514. The molecule has 0 aromatic heterocycles. The summed E-state index contributed by atoms with van der Waals surface area (Å²) in [5.41, 5.74) is -0.322. The quantitative estimate of drug-likeness (QED) is 0.189. The molecule has 0 unspecified atom stereocenters. The largest absolute Gasteiger partial charge is 0.480 e. The Balaban J connectivity index is 2.04. The summed E-state index contributed by atoms with van der Waals surface area (Å²) in [5, 5.41) is 15.5. The van der Waals surface area contributed by atoms with Crippen LogP contribution in [0.15, 0.2) is 60.7 Å². The number of benzene rings is 2. The Hall–Kier alpha value is -4.85. The van der Waals surface area contributed by atoms with Crippen LogP contribution in [-0.4, -0.2) is 95.2 Å². The standard InChI is InChI=1S/C35H50N4O10/c1-34(2,3)48-32(44)39(33(45)49-35(4,5)6)28(29(40)41)18-13-21-38(22-19-36-30(42)46-24-26-14-9-7-10-15-26)23-20-37-31(43)47-25-27-16-11-8-12-17-27/h7-12,14-17,28H,13,18-25H2,1-6H3,(H,36,42)(H,37,43)(H,40,41)/t28-/m0/s1. The molecular formula is C35H50N4O10. The molecule has 270 valence electrons. The van der Waals surface area contributed by atoms with Gasteiger partial charge in [0.25, 0.3) is 0 Å². The number of hydrogen-bond acceptors (Lipinski definition) is 10. The zero-order valence-electron chi connectivity index (χ0n) is 29.2. The molecule has 3 N–H and O–H groups in total. The van der Waals surface area contributed by atoms with Gasteiger partial charge in [0.15, 0.2) is 0 Å². The lowest BCUT2D eigenvalue weighted by atomic mass is 10.1. The first-order valence-corrected chi connectivity index (χ1v) is 16.1. The van der Waals surface area contributed by atoms with Crippen molar-refractivity contribution in [3.63, 3.8) is 0 Å². The fourth-order valence-electron chi connectivity index (χ4n) is 4.34. The Kier molecular flexibility index (Phi) is 16.3. The first-order valence-electron chi connectivity index (χ1n) is 16.1. The topological polar surface area (TPSA) is 173 Å². The monoisotopic (exact) mass is 686 g/mol. The summed E-state index contributed by atoms with van der Waals surface area (Å²) in [4.78, 5) is 65.4. The van der Waals surface area contributed by atoms with E-state index in [1.165, 1.54) is 0 Å². The molecule has 0 aliphatic carbocycles. The minimum atomic E-state index is -1.58. The molecule has 0 saturated carbocycles. The number of carbonyl (C=O) groups excluding carboxylic acids is 4. The van der Waals surface area contributed by atoms with Gasteiger partial charge in [-0.25, -0.2) is 24.0 Å². The molecule has 0 bridgehead atoms. The highest BCUT2D eigenvalue weighted by Gasteiger charge is 2.40. The van der Waals surface area contributed by atoms with Crippen LogP contribution in [0.3, 0.4) is 0 Å². The van der Waals surface area contributed by atoms with Crippen molar-refractivity contribution in [3.8, 4) is 0 Å². The Labute approximate surface area is 288 Å². The van der Waals surface area contributed by atoms with Crippen LogP contribution in [0, 0.1) is 0 Å². The maximum Gasteiger partial charge on any atom is 0.420 e. The van der Waals surface area contributed by atoms with E-state index in [1.54, 1.807) is 41.5 Å². The molecular weight excluding hydrogens is 636 g/mol. The summed E-state index contributed by atoms with van der Waals surface area (Å²) in [7, 11) is 0. The molecule has 1 atom stereocenters. The zero-order chi connectivity index (χ0) is 36.5. The third-order valence-electron chi connectivity index (χ3n) is 6.55. The number of alkyl carbamates (subject to hydrolysis) is 2. The van der Waals surface area contributed by atoms with Gasteiger partial charge >= 0.3 is 30.3 Å². The van der Waals surface area contributed by atoms with Gasteiger partial charge in [-0.2, -0.15) is 4.90 Å². The van der Waals surface area contributed by atoms with Gasteiger partial charge in [-0.3, -0.25) is 4.90 Å². The van der Waals surface area contributed by atoms with Crippen LogP contribution in [0.4, 0.5) is 19.2 Å². The molecule has 0 aliphatic rings. The van der Waals surface area contributed by atoms with E-state index < -0.39 is 47.6 Å². The fourth-order valence-corrected chi connectivity index (χ4v) is 4.34. The summed E-state index contributed by atoms with van der Waals surface area (Å²) >= 11 is 0. The first-order chi connectivity index (χ1) is 23.0. The van der Waals surface area contributed by atoms with Gasteiger partial charge in [0.1, 0.15) is 30.5 Å². The maximum atomic E-state index is 13.1. The van der Waals surface area contributed by atoms with Crippen LogP contribution in [0.2, 0.25) is 0 Å². The van der Waals surface area contributed by atoms with Crippen LogP contribution in [-0.2, 0) is 37.0 Å². The number of rotatable bonds is 16. The third-order valence-corrected chi connectivity index (χ3v) is 6.55. The number of carboxylic acid groups (broad SMARTS) is 1. The maximum absolute atomic E-state index is 13.1. The predicted octanol–water partition coefficient (Wildman–Crippen LogP) is 5.55. The molecule has 0 spiro atoms. The van der Waals surface area contributed by atoms with Crippen LogP contribution < -0.4 is 10.6 Å². The number of hydrogen-bond donors (Lipinski definition) is 3. The van der Waals surface area contributed by atoms with Crippen molar-refractivity contribution in [1.29, 1.82) is 0 Å². The number of carbonyl (C=O) groups is 5. The number of nitrogens with one attached hydrogen (secondary N) is 2. The molecule has 0 fully saturated rings. The number of nitrogens with zero attached hydrogens (tertiary/aromatic N) is 2. The molecule has 49 heavy (non-hydrogen) atoms. The van der Waals surface area contributed by atoms with Gasteiger partial charge in [0, 0.05) is 26.2 Å². The van der Waals surface area contributed by atoms with Crippen LogP contribution in [0.25, 0.3) is 0 Å². The summed E-state index contributed by atoms with van der Waals surface area (Å²) in [5.74, 6) is -1.41. The summed E-state index contributed by atoms with van der Waals surface area (Å²) in [6, 6.07) is 16.9. The Morgan fingerprint density at radius 3 is 1.45 bits per heavy atom. The number of ether oxygens (including phenoxy) is 4. The van der Waals surface area contributed by atoms with Crippen LogP contribution >= 0.6 is 0 Å². The predicted molar refractivity (Wildman–Crippen MR) is 181 cm³/mol. The highest BCUT2D eigenvalue weighted by Crippen LogP contribution is 2.19. The van der Waals surface area contributed by atoms with E-state index in [2.05, 4.69) is 10.6 Å². The molecule has 4 amide bonds. The average molecular weight is 687 g/mol. The molecule has 14 heteroatoms. The molecule has 14 nitrogen and oxygen atoms in total. The van der Waals surface area contributed by atoms with E-state index in [9.17, 15) is 29.1 Å². The van der Waals surface area contributed by atoms with Crippen molar-refractivity contribution in [2.24, 2.45) is 0 Å².